The molecule has 0 aliphatic carbocycles. The number of anilines is 2. The predicted octanol–water partition coefficient (Wildman–Crippen LogP) is 5.75. The van der Waals surface area contributed by atoms with Gasteiger partial charge in [0.25, 0.3) is 0 Å². The molecule has 1 unspecified atom stereocenters. The molecular weight excluding hydrogens is 266 g/mol. The quantitative estimate of drug-likeness (QED) is 0.678. The molecule has 0 N–H and O–H groups in total. The van der Waals surface area contributed by atoms with Crippen LogP contribution in [0.1, 0.15) is 44.2 Å². The van der Waals surface area contributed by atoms with Crippen molar-refractivity contribution >= 4 is 11.4 Å². The summed E-state index contributed by atoms with van der Waals surface area (Å²) in [4.78, 5) is 2.56. The van der Waals surface area contributed by atoms with Crippen LogP contribution in [0.5, 0.6) is 0 Å². The van der Waals surface area contributed by atoms with E-state index in [2.05, 4.69) is 67.3 Å². The highest BCUT2D eigenvalue weighted by Crippen LogP contribution is 2.36. The molecule has 0 saturated heterocycles. The van der Waals surface area contributed by atoms with E-state index >= 15 is 0 Å². The van der Waals surface area contributed by atoms with Crippen molar-refractivity contribution in [3.8, 4) is 0 Å². The summed E-state index contributed by atoms with van der Waals surface area (Å²) in [5, 5.41) is 0. The molecule has 0 radical (unpaired) electrons. The van der Waals surface area contributed by atoms with Crippen LogP contribution in [0.4, 0.5) is 11.4 Å². The van der Waals surface area contributed by atoms with Crippen molar-refractivity contribution in [1.29, 1.82) is 0 Å². The van der Waals surface area contributed by atoms with Crippen molar-refractivity contribution in [3.05, 3.63) is 59.7 Å². The molecule has 116 valence electrons. The maximum atomic E-state index is 2.56. The Balaban J connectivity index is 1.89. The molecule has 1 heterocycles. The van der Waals surface area contributed by atoms with Gasteiger partial charge in [-0.1, -0.05) is 56.7 Å². The second-order valence-corrected chi connectivity index (χ2v) is 6.56. The predicted molar refractivity (Wildman–Crippen MR) is 96.0 cm³/mol. The van der Waals surface area contributed by atoms with Gasteiger partial charge in [-0.25, -0.2) is 0 Å². The Bertz CT molecular complexity index is 569. The first-order valence-corrected chi connectivity index (χ1v) is 8.73. The lowest BCUT2D eigenvalue weighted by molar-refractivity contribution is 0.498. The molecule has 0 amide bonds. The van der Waals surface area contributed by atoms with Crippen LogP contribution in [0.15, 0.2) is 48.5 Å². The number of benzene rings is 2. The van der Waals surface area contributed by atoms with Crippen molar-refractivity contribution in [1.82, 2.24) is 0 Å². The second kappa shape index (κ2) is 7.00. The number of hydrogen-bond acceptors (Lipinski definition) is 1. The van der Waals surface area contributed by atoms with Gasteiger partial charge in [0.1, 0.15) is 0 Å². The number of hydrogen-bond donors (Lipinski definition) is 0. The molecule has 1 aliphatic rings. The fourth-order valence-electron chi connectivity index (χ4n) is 3.41. The fraction of sp³-hybridized carbons (Fsp3) is 0.429. The number of aryl methyl sites for hydroxylation is 2. The Kier molecular flexibility index (Phi) is 4.82. The molecule has 1 atom stereocenters. The van der Waals surface area contributed by atoms with Gasteiger partial charge in [-0.15, -0.1) is 0 Å². The lowest BCUT2D eigenvalue weighted by Gasteiger charge is -2.27. The molecule has 0 aromatic heterocycles. The lowest BCUT2D eigenvalue weighted by atomic mass is 10.0. The summed E-state index contributed by atoms with van der Waals surface area (Å²) < 4.78 is 0. The van der Waals surface area contributed by atoms with E-state index in [4.69, 9.17) is 0 Å². The number of nitrogens with zero attached hydrogens (tertiary/aromatic N) is 1. The third-order valence-electron chi connectivity index (χ3n) is 5.00. The molecule has 3 rings (SSSR count). The van der Waals surface area contributed by atoms with E-state index in [0.717, 1.165) is 25.3 Å². The molecule has 0 spiro atoms. The minimum absolute atomic E-state index is 0.831. The zero-order valence-electron chi connectivity index (χ0n) is 13.9. The molecule has 2 aromatic rings. The van der Waals surface area contributed by atoms with Gasteiger partial charge in [-0.3, -0.25) is 0 Å². The maximum Gasteiger partial charge on any atom is 0.0443 e. The average molecular weight is 293 g/mol. The van der Waals surface area contributed by atoms with Crippen LogP contribution in [0.2, 0.25) is 0 Å². The molecule has 0 saturated carbocycles. The smallest absolute Gasteiger partial charge is 0.0443 e. The summed E-state index contributed by atoms with van der Waals surface area (Å²) in [7, 11) is 0. The highest BCUT2D eigenvalue weighted by Gasteiger charge is 2.19. The van der Waals surface area contributed by atoms with Crippen molar-refractivity contribution < 1.29 is 0 Å². The summed E-state index contributed by atoms with van der Waals surface area (Å²) in [6, 6.07) is 17.9. The summed E-state index contributed by atoms with van der Waals surface area (Å²) >= 11 is 0. The van der Waals surface area contributed by atoms with Crippen molar-refractivity contribution in [2.24, 2.45) is 5.92 Å². The highest BCUT2D eigenvalue weighted by atomic mass is 15.1. The van der Waals surface area contributed by atoms with E-state index in [0.29, 0.717) is 0 Å². The van der Waals surface area contributed by atoms with E-state index in [1.807, 2.05) is 0 Å². The topological polar surface area (TPSA) is 3.24 Å². The van der Waals surface area contributed by atoms with Gasteiger partial charge >= 0.3 is 0 Å². The molecule has 0 fully saturated rings. The van der Waals surface area contributed by atoms with E-state index in [9.17, 15) is 0 Å². The van der Waals surface area contributed by atoms with E-state index < -0.39 is 0 Å². The molecule has 1 heteroatoms. The minimum atomic E-state index is 0.831. The van der Waals surface area contributed by atoms with Gasteiger partial charge in [0.05, 0.1) is 0 Å². The number of para-hydroxylation sites is 2. The zero-order chi connectivity index (χ0) is 15.4. The maximum absolute atomic E-state index is 2.56. The summed E-state index contributed by atoms with van der Waals surface area (Å²) in [6.45, 7) is 5.78. The Labute approximate surface area is 135 Å². The molecular formula is C21H27N. The van der Waals surface area contributed by atoms with Gasteiger partial charge in [0.15, 0.2) is 0 Å². The SMILES string of the molecule is CCC(C)CCCN1c2ccccc2CCc2ccccc21. The van der Waals surface area contributed by atoms with Crippen LogP contribution < -0.4 is 4.90 Å². The first kappa shape index (κ1) is 15.1. The summed E-state index contributed by atoms with van der Waals surface area (Å²) in [6.07, 6.45) is 6.16. The van der Waals surface area contributed by atoms with E-state index in [1.54, 1.807) is 0 Å². The molecule has 2 aromatic carbocycles. The Morgan fingerprint density at radius 2 is 1.45 bits per heavy atom. The van der Waals surface area contributed by atoms with Crippen LogP contribution in [0, 0.1) is 5.92 Å². The van der Waals surface area contributed by atoms with Gasteiger partial charge in [0.2, 0.25) is 0 Å². The average Bonchev–Trinajstić information content (AvgIpc) is 2.72. The van der Waals surface area contributed by atoms with Crippen LogP contribution in [0.25, 0.3) is 0 Å². The highest BCUT2D eigenvalue weighted by molar-refractivity contribution is 5.71. The summed E-state index contributed by atoms with van der Waals surface area (Å²) in [5.41, 5.74) is 5.80. The van der Waals surface area contributed by atoms with Crippen molar-refractivity contribution in [2.45, 2.75) is 46.0 Å². The third kappa shape index (κ3) is 3.19. The van der Waals surface area contributed by atoms with Gasteiger partial charge < -0.3 is 4.90 Å². The first-order chi connectivity index (χ1) is 10.8. The minimum Gasteiger partial charge on any atom is -0.341 e. The number of fused-ring (bicyclic) bond motifs is 2. The van der Waals surface area contributed by atoms with Crippen LogP contribution >= 0.6 is 0 Å². The first-order valence-electron chi connectivity index (χ1n) is 8.73. The lowest BCUT2D eigenvalue weighted by Crippen LogP contribution is -2.20. The normalized spacial score (nSPS) is 14.9. The largest absolute Gasteiger partial charge is 0.341 e. The molecule has 1 nitrogen and oxygen atoms in total. The Morgan fingerprint density at radius 3 is 2.00 bits per heavy atom. The Hall–Kier alpha value is -1.76. The van der Waals surface area contributed by atoms with Crippen molar-refractivity contribution in [2.75, 3.05) is 11.4 Å². The monoisotopic (exact) mass is 293 g/mol. The van der Waals surface area contributed by atoms with E-state index in [1.165, 1.54) is 41.8 Å². The third-order valence-corrected chi connectivity index (χ3v) is 5.00. The van der Waals surface area contributed by atoms with E-state index in [-0.39, 0.29) is 0 Å². The summed E-state index contributed by atoms with van der Waals surface area (Å²) in [5.74, 6) is 0.831. The van der Waals surface area contributed by atoms with Crippen LogP contribution in [0.3, 0.4) is 0 Å². The van der Waals surface area contributed by atoms with Gasteiger partial charge in [-0.05, 0) is 54.9 Å². The fourth-order valence-corrected chi connectivity index (χ4v) is 3.41. The molecule has 1 aliphatic heterocycles. The van der Waals surface area contributed by atoms with Gasteiger partial charge in [-0.2, -0.15) is 0 Å². The van der Waals surface area contributed by atoms with Crippen LogP contribution in [-0.2, 0) is 12.8 Å². The van der Waals surface area contributed by atoms with Crippen LogP contribution in [-0.4, -0.2) is 6.54 Å². The molecule has 22 heavy (non-hydrogen) atoms. The van der Waals surface area contributed by atoms with Crippen molar-refractivity contribution in [3.63, 3.8) is 0 Å². The standard InChI is InChI=1S/C21H27N/c1-3-17(2)9-8-16-22-20-12-6-4-10-18(20)14-15-19-11-5-7-13-21(19)22/h4-7,10-13,17H,3,8-9,14-16H2,1-2H3. The molecule has 0 bridgehead atoms. The Morgan fingerprint density at radius 1 is 0.909 bits per heavy atom. The number of rotatable bonds is 5. The van der Waals surface area contributed by atoms with Gasteiger partial charge in [0, 0.05) is 17.9 Å². The second-order valence-electron chi connectivity index (χ2n) is 6.56. The zero-order valence-corrected chi connectivity index (χ0v) is 13.9.